The number of benzene rings is 1. The Morgan fingerprint density at radius 3 is 2.67 bits per heavy atom. The number of nitrogens with zero attached hydrogens (tertiary/aromatic N) is 4. The van der Waals surface area contributed by atoms with Gasteiger partial charge in [0.05, 0.1) is 38.6 Å². The molecule has 1 saturated heterocycles. The van der Waals surface area contributed by atoms with Gasteiger partial charge in [0.1, 0.15) is 16.8 Å². The highest BCUT2D eigenvalue weighted by Gasteiger charge is 2.32. The summed E-state index contributed by atoms with van der Waals surface area (Å²) in [5.41, 5.74) is -0.680. The van der Waals surface area contributed by atoms with E-state index in [1.54, 1.807) is 24.0 Å². The first-order chi connectivity index (χ1) is 12.7. The van der Waals surface area contributed by atoms with Crippen LogP contribution in [0.4, 0.5) is 10.1 Å². The first-order valence-corrected chi connectivity index (χ1v) is 8.49. The molecule has 2 aromatic rings. The smallest absolute Gasteiger partial charge is 0.341 e. The number of hydrogen-bond donors (Lipinski definition) is 1. The molecule has 0 unspecified atom stereocenters. The van der Waals surface area contributed by atoms with Crippen LogP contribution in [0.25, 0.3) is 10.9 Å². The Hall–Kier alpha value is -2.85. The number of pyridine rings is 1. The number of hydrogen-bond acceptors (Lipinski definition) is 6. The lowest BCUT2D eigenvalue weighted by molar-refractivity contribution is -0.861. The lowest BCUT2D eigenvalue weighted by Crippen LogP contribution is -2.54. The molecule has 1 aromatic carbocycles. The van der Waals surface area contributed by atoms with Crippen LogP contribution in [0, 0.1) is 11.0 Å². The van der Waals surface area contributed by atoms with Crippen LogP contribution >= 0.6 is 0 Å². The summed E-state index contributed by atoms with van der Waals surface area (Å²) in [4.78, 5) is 25.7. The number of ether oxygens (including phenoxy) is 1. The predicted molar refractivity (Wildman–Crippen MR) is 96.3 cm³/mol. The Kier molecular flexibility index (Phi) is 3.79. The molecule has 0 radical (unpaired) electrons. The highest BCUT2D eigenvalue weighted by Crippen LogP contribution is 2.40. The van der Waals surface area contributed by atoms with Crippen molar-refractivity contribution in [3.8, 4) is 5.75 Å². The normalized spacial score (nSPS) is 18.5. The zero-order valence-electron chi connectivity index (χ0n) is 14.9. The van der Waals surface area contributed by atoms with Gasteiger partial charge < -0.3 is 24.6 Å². The molecule has 144 valence electrons. The van der Waals surface area contributed by atoms with E-state index in [2.05, 4.69) is 0 Å². The van der Waals surface area contributed by atoms with Crippen LogP contribution in [0.15, 0.2) is 17.1 Å². The van der Waals surface area contributed by atoms with Gasteiger partial charge in [-0.1, -0.05) is 0 Å². The van der Waals surface area contributed by atoms with Gasteiger partial charge in [-0.05, 0) is 6.07 Å². The van der Waals surface area contributed by atoms with E-state index in [1.807, 2.05) is 0 Å². The zero-order valence-corrected chi connectivity index (χ0v) is 14.9. The minimum absolute atomic E-state index is 0.0563. The summed E-state index contributed by atoms with van der Waals surface area (Å²) in [5.74, 6) is -1.85. The van der Waals surface area contributed by atoms with Crippen LogP contribution in [0.2, 0.25) is 0 Å². The Balaban J connectivity index is 1.97. The highest BCUT2D eigenvalue weighted by molar-refractivity contribution is 5.97. The number of carboxylic acid groups (broad SMARTS) is 1. The fraction of sp³-hybridized carbons (Fsp3) is 0.412. The lowest BCUT2D eigenvalue weighted by atomic mass is 10.1. The fourth-order valence-electron chi connectivity index (χ4n) is 3.58. The number of aromatic carboxylic acids is 1. The van der Waals surface area contributed by atoms with Gasteiger partial charge in [-0.3, -0.25) is 14.5 Å². The first kappa shape index (κ1) is 17.6. The van der Waals surface area contributed by atoms with Crippen LogP contribution in [0.3, 0.4) is 0 Å². The van der Waals surface area contributed by atoms with Gasteiger partial charge in [-0.25, -0.2) is 9.18 Å². The molecule has 1 aromatic heterocycles. The molecule has 9 nitrogen and oxygen atoms in total. The number of carbonyl (C=O) groups is 1. The second-order valence-electron chi connectivity index (χ2n) is 7.12. The van der Waals surface area contributed by atoms with Crippen LogP contribution in [0.1, 0.15) is 10.4 Å². The molecule has 0 spiro atoms. The molecule has 0 bridgehead atoms. The molecular weight excluding hydrogens is 359 g/mol. The van der Waals surface area contributed by atoms with Crippen LogP contribution in [-0.2, 0) is 0 Å². The Morgan fingerprint density at radius 1 is 1.37 bits per heavy atom. The van der Waals surface area contributed by atoms with Gasteiger partial charge >= 0.3 is 5.97 Å². The molecule has 1 fully saturated rings. The minimum Gasteiger partial charge on any atom is -0.633 e. The molecule has 2 aliphatic rings. The third-order valence-corrected chi connectivity index (χ3v) is 5.15. The average Bonchev–Trinajstić information content (AvgIpc) is 2.60. The van der Waals surface area contributed by atoms with Crippen molar-refractivity contribution >= 4 is 22.6 Å². The quantitative estimate of drug-likeness (QED) is 0.601. The number of rotatable bonds is 2. The van der Waals surface area contributed by atoms with E-state index in [4.69, 9.17) is 4.74 Å². The molecule has 3 heterocycles. The third kappa shape index (κ3) is 2.68. The number of anilines is 1. The molecule has 4 rings (SSSR count). The summed E-state index contributed by atoms with van der Waals surface area (Å²) >= 11 is 0. The zero-order chi connectivity index (χ0) is 19.5. The van der Waals surface area contributed by atoms with E-state index in [-0.39, 0.29) is 23.6 Å². The molecule has 1 N–H and O–H groups in total. The SMILES string of the molecule is CN1COc2c(N3CC[N+](C)([O-])CC3)c(F)cc3c(=O)c(C(=O)O)cn1c23. The van der Waals surface area contributed by atoms with E-state index in [1.165, 1.54) is 10.9 Å². The Bertz CT molecular complexity index is 1010. The monoisotopic (exact) mass is 378 g/mol. The van der Waals surface area contributed by atoms with Gasteiger partial charge in [0.2, 0.25) is 5.43 Å². The summed E-state index contributed by atoms with van der Waals surface area (Å²) < 4.78 is 21.8. The number of halogens is 1. The molecule has 2 aliphatic heterocycles. The van der Waals surface area contributed by atoms with E-state index < -0.39 is 27.4 Å². The predicted octanol–water partition coefficient (Wildman–Crippen LogP) is 0.521. The molecule has 10 heteroatoms. The molecule has 0 saturated carbocycles. The summed E-state index contributed by atoms with van der Waals surface area (Å²) in [5, 5.41) is 22.9. The van der Waals surface area contributed by atoms with Crippen LogP contribution < -0.4 is 20.1 Å². The summed E-state index contributed by atoms with van der Waals surface area (Å²) in [6.45, 7) is 1.38. The summed E-state index contributed by atoms with van der Waals surface area (Å²) in [7, 11) is 3.25. The first-order valence-electron chi connectivity index (χ1n) is 8.49. The van der Waals surface area contributed by atoms with Crippen molar-refractivity contribution in [3.05, 3.63) is 39.1 Å². The summed E-state index contributed by atoms with van der Waals surface area (Å²) in [6.07, 6.45) is 1.22. The standard InChI is InChI=1S/C17H19FN4O5/c1-19-9-27-16-13-10(15(23)11(17(24)25)8-21(13)19)7-12(18)14(16)20-3-5-22(2,26)6-4-20/h7-8H,3-6,9H2,1-2H3,(H,24,25). The maximum atomic E-state index is 15.0. The van der Waals surface area contributed by atoms with Gasteiger partial charge in [0, 0.05) is 13.2 Å². The van der Waals surface area contributed by atoms with Crippen molar-refractivity contribution in [3.63, 3.8) is 0 Å². The average molecular weight is 378 g/mol. The van der Waals surface area contributed by atoms with E-state index in [9.17, 15) is 24.3 Å². The number of hydroxylamine groups is 3. The fourth-order valence-corrected chi connectivity index (χ4v) is 3.58. The summed E-state index contributed by atoms with van der Waals surface area (Å²) in [6, 6.07) is 1.06. The van der Waals surface area contributed by atoms with Crippen molar-refractivity contribution in [2.75, 3.05) is 56.9 Å². The van der Waals surface area contributed by atoms with Crippen molar-refractivity contribution in [2.45, 2.75) is 0 Å². The third-order valence-electron chi connectivity index (χ3n) is 5.15. The maximum Gasteiger partial charge on any atom is 0.341 e. The van der Waals surface area contributed by atoms with Crippen molar-refractivity contribution < 1.29 is 23.7 Å². The van der Waals surface area contributed by atoms with E-state index in [0.29, 0.717) is 31.7 Å². The topological polar surface area (TPSA) is 98.1 Å². The van der Waals surface area contributed by atoms with Gasteiger partial charge in [0.25, 0.3) is 0 Å². The number of piperazine rings is 1. The molecular formula is C17H19FN4O5. The largest absolute Gasteiger partial charge is 0.633 e. The lowest BCUT2D eigenvalue weighted by Gasteiger charge is -2.46. The van der Waals surface area contributed by atoms with Crippen molar-refractivity contribution in [1.82, 2.24) is 4.68 Å². The second kappa shape index (κ2) is 5.83. The van der Waals surface area contributed by atoms with Crippen molar-refractivity contribution in [1.29, 1.82) is 0 Å². The number of carboxylic acids is 1. The Labute approximate surface area is 153 Å². The highest BCUT2D eigenvalue weighted by atomic mass is 19.1. The molecule has 27 heavy (non-hydrogen) atoms. The minimum atomic E-state index is -1.37. The molecule has 0 atom stereocenters. The Morgan fingerprint density at radius 2 is 2.04 bits per heavy atom. The number of aromatic nitrogens is 1. The molecule has 0 amide bonds. The van der Waals surface area contributed by atoms with E-state index in [0.717, 1.165) is 6.07 Å². The van der Waals surface area contributed by atoms with E-state index >= 15 is 0 Å². The van der Waals surface area contributed by atoms with Crippen LogP contribution in [0.5, 0.6) is 5.75 Å². The maximum absolute atomic E-state index is 15.0. The number of quaternary nitrogens is 1. The molecule has 0 aliphatic carbocycles. The van der Waals surface area contributed by atoms with Crippen molar-refractivity contribution in [2.24, 2.45) is 0 Å². The van der Waals surface area contributed by atoms with Gasteiger partial charge in [0.15, 0.2) is 18.3 Å². The van der Waals surface area contributed by atoms with Crippen LogP contribution in [-0.4, -0.2) is 67.4 Å². The van der Waals surface area contributed by atoms with Gasteiger partial charge in [-0.2, -0.15) is 0 Å². The number of likely N-dealkylation sites (N-methyl/N-ethyl adjacent to an activating group) is 1. The second-order valence-corrected chi connectivity index (χ2v) is 7.12. The van der Waals surface area contributed by atoms with Gasteiger partial charge in [-0.15, -0.1) is 0 Å².